The van der Waals surface area contributed by atoms with Crippen molar-refractivity contribution in [2.75, 3.05) is 13.1 Å². The fraction of sp³-hybridized carbons (Fsp3) is 0.538. The van der Waals surface area contributed by atoms with Gasteiger partial charge in [0.05, 0.1) is 11.1 Å². The summed E-state index contributed by atoms with van der Waals surface area (Å²) in [5.74, 6) is 5.05. The van der Waals surface area contributed by atoms with E-state index in [-0.39, 0.29) is 5.91 Å². The third-order valence-corrected chi connectivity index (χ3v) is 2.92. The average molecular weight is 250 g/mol. The van der Waals surface area contributed by atoms with Crippen molar-refractivity contribution >= 4 is 5.91 Å². The standard InChI is InChI=1S/C13H22N4O/c1-4-17(9-11-7-5-6-8-15-11)10-13(2,3)12(18)16-14/h5-8H,4,9-10,14H2,1-3H3,(H,16,18). The number of amides is 1. The number of rotatable bonds is 6. The molecule has 1 amide bonds. The van der Waals surface area contributed by atoms with Crippen LogP contribution in [0, 0.1) is 5.41 Å². The second kappa shape index (κ2) is 6.47. The molecular formula is C13H22N4O. The number of nitrogens with one attached hydrogen (secondary N) is 1. The molecule has 5 nitrogen and oxygen atoms in total. The average Bonchev–Trinajstić information content (AvgIpc) is 2.37. The van der Waals surface area contributed by atoms with E-state index >= 15 is 0 Å². The molecule has 0 aliphatic rings. The second-order valence-electron chi connectivity index (χ2n) is 4.98. The highest BCUT2D eigenvalue weighted by molar-refractivity contribution is 5.81. The van der Waals surface area contributed by atoms with Gasteiger partial charge in [0.25, 0.3) is 0 Å². The number of hydrazine groups is 1. The zero-order valence-electron chi connectivity index (χ0n) is 11.3. The Balaban J connectivity index is 2.65. The topological polar surface area (TPSA) is 71.2 Å². The summed E-state index contributed by atoms with van der Waals surface area (Å²) in [5, 5.41) is 0. The van der Waals surface area contributed by atoms with E-state index in [1.54, 1.807) is 6.20 Å². The van der Waals surface area contributed by atoms with Crippen LogP contribution in [0.3, 0.4) is 0 Å². The smallest absolute Gasteiger partial charge is 0.240 e. The molecule has 0 fully saturated rings. The van der Waals surface area contributed by atoms with Gasteiger partial charge in [0.1, 0.15) is 0 Å². The highest BCUT2D eigenvalue weighted by atomic mass is 16.2. The van der Waals surface area contributed by atoms with Crippen molar-refractivity contribution in [3.63, 3.8) is 0 Å². The Morgan fingerprint density at radius 1 is 1.50 bits per heavy atom. The summed E-state index contributed by atoms with van der Waals surface area (Å²) in [6.07, 6.45) is 1.78. The van der Waals surface area contributed by atoms with Crippen molar-refractivity contribution in [3.05, 3.63) is 30.1 Å². The lowest BCUT2D eigenvalue weighted by atomic mass is 9.91. The molecule has 0 saturated heterocycles. The Morgan fingerprint density at radius 3 is 2.72 bits per heavy atom. The maximum Gasteiger partial charge on any atom is 0.240 e. The van der Waals surface area contributed by atoms with Gasteiger partial charge in [0.2, 0.25) is 5.91 Å². The first-order chi connectivity index (χ1) is 8.49. The van der Waals surface area contributed by atoms with E-state index in [1.807, 2.05) is 32.0 Å². The van der Waals surface area contributed by atoms with Crippen molar-refractivity contribution in [1.29, 1.82) is 0 Å². The van der Waals surface area contributed by atoms with Gasteiger partial charge < -0.3 is 0 Å². The van der Waals surface area contributed by atoms with E-state index < -0.39 is 5.41 Å². The van der Waals surface area contributed by atoms with Crippen LogP contribution in [-0.4, -0.2) is 28.9 Å². The Labute approximate surface area is 108 Å². The van der Waals surface area contributed by atoms with Crippen molar-refractivity contribution < 1.29 is 4.79 Å². The molecule has 0 atom stereocenters. The largest absolute Gasteiger partial charge is 0.297 e. The molecule has 1 rings (SSSR count). The first-order valence-corrected chi connectivity index (χ1v) is 6.13. The van der Waals surface area contributed by atoms with E-state index in [9.17, 15) is 4.79 Å². The third kappa shape index (κ3) is 4.09. The predicted octanol–water partition coefficient (Wildman–Crippen LogP) is 0.920. The zero-order chi connectivity index (χ0) is 13.6. The maximum atomic E-state index is 11.7. The van der Waals surface area contributed by atoms with Crippen LogP contribution >= 0.6 is 0 Å². The Morgan fingerprint density at radius 2 is 2.22 bits per heavy atom. The lowest BCUT2D eigenvalue weighted by molar-refractivity contribution is -0.130. The molecule has 0 spiro atoms. The third-order valence-electron chi connectivity index (χ3n) is 2.92. The Bertz CT molecular complexity index is 378. The number of aromatic nitrogens is 1. The Hall–Kier alpha value is -1.46. The van der Waals surface area contributed by atoms with Crippen molar-refractivity contribution in [2.24, 2.45) is 11.3 Å². The van der Waals surface area contributed by atoms with Crippen LogP contribution in [0.2, 0.25) is 0 Å². The molecule has 1 heterocycles. The fourth-order valence-corrected chi connectivity index (χ4v) is 1.83. The van der Waals surface area contributed by atoms with E-state index in [0.717, 1.165) is 18.8 Å². The van der Waals surface area contributed by atoms with Gasteiger partial charge in [-0.25, -0.2) is 5.84 Å². The summed E-state index contributed by atoms with van der Waals surface area (Å²) in [6, 6.07) is 5.85. The molecule has 0 aromatic carbocycles. The minimum atomic E-state index is -0.514. The lowest BCUT2D eigenvalue weighted by Gasteiger charge is -2.30. The molecule has 0 radical (unpaired) electrons. The summed E-state index contributed by atoms with van der Waals surface area (Å²) >= 11 is 0. The number of hydrogen-bond acceptors (Lipinski definition) is 4. The highest BCUT2D eigenvalue weighted by Crippen LogP contribution is 2.18. The van der Waals surface area contributed by atoms with Crippen LogP contribution in [0.5, 0.6) is 0 Å². The first-order valence-electron chi connectivity index (χ1n) is 6.13. The molecule has 0 unspecified atom stereocenters. The van der Waals surface area contributed by atoms with E-state index in [4.69, 9.17) is 5.84 Å². The molecule has 5 heteroatoms. The molecule has 0 bridgehead atoms. The molecule has 1 aromatic rings. The molecule has 100 valence electrons. The van der Waals surface area contributed by atoms with Gasteiger partial charge in [-0.05, 0) is 32.5 Å². The summed E-state index contributed by atoms with van der Waals surface area (Å²) in [5.41, 5.74) is 2.71. The first kappa shape index (κ1) is 14.6. The SMILES string of the molecule is CCN(Cc1ccccn1)CC(C)(C)C(=O)NN. The van der Waals surface area contributed by atoms with Gasteiger partial charge in [0.15, 0.2) is 0 Å². The quantitative estimate of drug-likeness (QED) is 0.447. The summed E-state index contributed by atoms with van der Waals surface area (Å²) in [4.78, 5) is 18.1. The highest BCUT2D eigenvalue weighted by Gasteiger charge is 2.29. The normalized spacial score (nSPS) is 11.6. The van der Waals surface area contributed by atoms with E-state index in [2.05, 4.69) is 22.2 Å². The van der Waals surface area contributed by atoms with Gasteiger partial charge in [-0.2, -0.15) is 0 Å². The van der Waals surface area contributed by atoms with Gasteiger partial charge in [-0.15, -0.1) is 0 Å². The van der Waals surface area contributed by atoms with Gasteiger partial charge in [-0.1, -0.05) is 13.0 Å². The number of carbonyl (C=O) groups is 1. The van der Waals surface area contributed by atoms with Crippen LogP contribution in [0.4, 0.5) is 0 Å². The zero-order valence-corrected chi connectivity index (χ0v) is 11.3. The molecule has 18 heavy (non-hydrogen) atoms. The summed E-state index contributed by atoms with van der Waals surface area (Å²) < 4.78 is 0. The lowest BCUT2D eigenvalue weighted by Crippen LogP contribution is -2.47. The molecule has 0 aliphatic heterocycles. The van der Waals surface area contributed by atoms with Crippen molar-refractivity contribution in [2.45, 2.75) is 27.3 Å². The molecule has 0 aliphatic carbocycles. The number of nitrogens with zero attached hydrogens (tertiary/aromatic N) is 2. The molecule has 1 aromatic heterocycles. The molecular weight excluding hydrogens is 228 g/mol. The number of pyridine rings is 1. The van der Waals surface area contributed by atoms with Gasteiger partial charge >= 0.3 is 0 Å². The minimum absolute atomic E-state index is 0.151. The number of nitrogens with two attached hydrogens (primary N) is 1. The summed E-state index contributed by atoms with van der Waals surface area (Å²) in [6.45, 7) is 8.07. The van der Waals surface area contributed by atoms with Crippen LogP contribution < -0.4 is 11.3 Å². The van der Waals surface area contributed by atoms with Crippen LogP contribution in [-0.2, 0) is 11.3 Å². The maximum absolute atomic E-state index is 11.7. The number of hydrogen-bond donors (Lipinski definition) is 2. The van der Waals surface area contributed by atoms with Gasteiger partial charge in [-0.3, -0.25) is 20.1 Å². The minimum Gasteiger partial charge on any atom is -0.297 e. The van der Waals surface area contributed by atoms with E-state index in [1.165, 1.54) is 0 Å². The summed E-state index contributed by atoms with van der Waals surface area (Å²) in [7, 11) is 0. The number of carbonyl (C=O) groups excluding carboxylic acids is 1. The van der Waals surface area contributed by atoms with Crippen LogP contribution in [0.25, 0.3) is 0 Å². The van der Waals surface area contributed by atoms with Crippen LogP contribution in [0.15, 0.2) is 24.4 Å². The fourth-order valence-electron chi connectivity index (χ4n) is 1.83. The second-order valence-corrected chi connectivity index (χ2v) is 4.98. The monoisotopic (exact) mass is 250 g/mol. The van der Waals surface area contributed by atoms with E-state index in [0.29, 0.717) is 6.54 Å². The van der Waals surface area contributed by atoms with Gasteiger partial charge in [0, 0.05) is 19.3 Å². The van der Waals surface area contributed by atoms with Crippen molar-refractivity contribution in [1.82, 2.24) is 15.3 Å². The van der Waals surface area contributed by atoms with Crippen LogP contribution in [0.1, 0.15) is 26.5 Å². The predicted molar refractivity (Wildman–Crippen MR) is 71.3 cm³/mol. The molecule has 3 N–H and O–H groups in total. The molecule has 0 saturated carbocycles. The Kier molecular flexibility index (Phi) is 5.25. The van der Waals surface area contributed by atoms with Crippen molar-refractivity contribution in [3.8, 4) is 0 Å².